The second-order valence-corrected chi connectivity index (χ2v) is 4.49. The molecule has 0 saturated heterocycles. The highest BCUT2D eigenvalue weighted by Crippen LogP contribution is 2.45. The van der Waals surface area contributed by atoms with Gasteiger partial charge in [-0.05, 0) is 31.6 Å². The Kier molecular flexibility index (Phi) is 3.24. The van der Waals surface area contributed by atoms with E-state index in [1.54, 1.807) is 19.1 Å². The average molecular weight is 272 g/mol. The molecule has 1 heterocycles. The van der Waals surface area contributed by atoms with Crippen LogP contribution in [-0.4, -0.2) is 18.9 Å². The minimum absolute atomic E-state index is 0.177. The van der Waals surface area contributed by atoms with Gasteiger partial charge in [0, 0.05) is 11.1 Å². The molecule has 1 aliphatic rings. The molecule has 0 saturated carbocycles. The zero-order chi connectivity index (χ0) is 14.3. The third-order valence-electron chi connectivity index (χ3n) is 3.43. The summed E-state index contributed by atoms with van der Waals surface area (Å²) < 4.78 is 50.0. The first-order valence-corrected chi connectivity index (χ1v) is 5.97. The molecule has 0 aliphatic carbocycles. The second-order valence-electron chi connectivity index (χ2n) is 4.49. The smallest absolute Gasteiger partial charge is 0.432 e. The zero-order valence-corrected chi connectivity index (χ0v) is 11.0. The second kappa shape index (κ2) is 4.47. The van der Waals surface area contributed by atoms with E-state index in [1.165, 1.54) is 20.1 Å². The SMILES string of the molecule is CCC1(C(F)(F)F)C=Cc2ccc(OC)c(C)c2O1. The third-order valence-corrected chi connectivity index (χ3v) is 3.43. The predicted octanol–water partition coefficient (Wildman–Crippen LogP) is 4.12. The molecule has 104 valence electrons. The fourth-order valence-electron chi connectivity index (χ4n) is 2.17. The summed E-state index contributed by atoms with van der Waals surface area (Å²) in [7, 11) is 1.48. The van der Waals surface area contributed by atoms with E-state index >= 15 is 0 Å². The first-order valence-electron chi connectivity index (χ1n) is 5.97. The fraction of sp³-hybridized carbons (Fsp3) is 0.429. The number of benzene rings is 1. The Morgan fingerprint density at radius 1 is 1.32 bits per heavy atom. The first-order chi connectivity index (χ1) is 8.84. The number of methoxy groups -OCH3 is 1. The molecule has 0 N–H and O–H groups in total. The van der Waals surface area contributed by atoms with Crippen LogP contribution in [0.3, 0.4) is 0 Å². The van der Waals surface area contributed by atoms with Gasteiger partial charge in [0.05, 0.1) is 7.11 Å². The fourth-order valence-corrected chi connectivity index (χ4v) is 2.17. The van der Waals surface area contributed by atoms with Gasteiger partial charge in [-0.2, -0.15) is 13.2 Å². The summed E-state index contributed by atoms with van der Waals surface area (Å²) in [6.45, 7) is 3.14. The number of fused-ring (bicyclic) bond motifs is 1. The maximum Gasteiger partial charge on any atom is 0.432 e. The van der Waals surface area contributed by atoms with Crippen LogP contribution in [0.4, 0.5) is 13.2 Å². The maximum absolute atomic E-state index is 13.2. The minimum atomic E-state index is -4.45. The number of alkyl halides is 3. The van der Waals surface area contributed by atoms with Crippen molar-refractivity contribution in [3.05, 3.63) is 29.3 Å². The maximum atomic E-state index is 13.2. The zero-order valence-electron chi connectivity index (χ0n) is 11.0. The largest absolute Gasteiger partial charge is 0.496 e. The molecule has 1 aromatic carbocycles. The van der Waals surface area contributed by atoms with Crippen molar-refractivity contribution in [3.8, 4) is 11.5 Å². The van der Waals surface area contributed by atoms with E-state index in [0.29, 0.717) is 16.9 Å². The van der Waals surface area contributed by atoms with Gasteiger partial charge in [-0.15, -0.1) is 0 Å². The Morgan fingerprint density at radius 2 is 2.00 bits per heavy atom. The summed E-state index contributed by atoms with van der Waals surface area (Å²) in [5.74, 6) is 0.752. The molecule has 0 radical (unpaired) electrons. The van der Waals surface area contributed by atoms with Crippen LogP contribution in [0.5, 0.6) is 11.5 Å². The quantitative estimate of drug-likeness (QED) is 0.806. The summed E-state index contributed by atoms with van der Waals surface area (Å²) in [5.41, 5.74) is -1.05. The predicted molar refractivity (Wildman–Crippen MR) is 66.5 cm³/mol. The highest BCUT2D eigenvalue weighted by Gasteiger charge is 2.55. The van der Waals surface area contributed by atoms with E-state index < -0.39 is 11.8 Å². The summed E-state index contributed by atoms with van der Waals surface area (Å²) >= 11 is 0. The molecule has 1 aromatic rings. The van der Waals surface area contributed by atoms with Crippen molar-refractivity contribution in [2.75, 3.05) is 7.11 Å². The molecule has 5 heteroatoms. The van der Waals surface area contributed by atoms with Crippen molar-refractivity contribution in [1.82, 2.24) is 0 Å². The molecule has 0 bridgehead atoms. The van der Waals surface area contributed by atoms with Crippen LogP contribution < -0.4 is 9.47 Å². The van der Waals surface area contributed by atoms with Crippen molar-refractivity contribution >= 4 is 6.08 Å². The van der Waals surface area contributed by atoms with Gasteiger partial charge in [-0.3, -0.25) is 0 Å². The highest BCUT2D eigenvalue weighted by molar-refractivity contribution is 5.66. The Morgan fingerprint density at radius 3 is 2.53 bits per heavy atom. The summed E-state index contributed by atoms with van der Waals surface area (Å²) in [6.07, 6.45) is -2.09. The lowest BCUT2D eigenvalue weighted by atomic mass is 9.93. The summed E-state index contributed by atoms with van der Waals surface area (Å²) in [6, 6.07) is 3.40. The van der Waals surface area contributed by atoms with Crippen molar-refractivity contribution in [1.29, 1.82) is 0 Å². The number of halogens is 3. The molecule has 2 rings (SSSR count). The molecule has 1 unspecified atom stereocenters. The van der Waals surface area contributed by atoms with Crippen LogP contribution in [-0.2, 0) is 0 Å². The molecule has 19 heavy (non-hydrogen) atoms. The van der Waals surface area contributed by atoms with E-state index in [0.717, 1.165) is 6.08 Å². The topological polar surface area (TPSA) is 18.5 Å². The van der Waals surface area contributed by atoms with Gasteiger partial charge in [0.15, 0.2) is 0 Å². The number of ether oxygens (including phenoxy) is 2. The lowest BCUT2D eigenvalue weighted by molar-refractivity contribution is -0.230. The molecule has 1 atom stereocenters. The first kappa shape index (κ1) is 13.8. The third kappa shape index (κ3) is 2.07. The monoisotopic (exact) mass is 272 g/mol. The molecule has 2 nitrogen and oxygen atoms in total. The van der Waals surface area contributed by atoms with E-state index in [2.05, 4.69) is 0 Å². The van der Waals surface area contributed by atoms with E-state index in [4.69, 9.17) is 9.47 Å². The Balaban J connectivity index is 2.54. The number of hydrogen-bond donors (Lipinski definition) is 0. The molecule has 0 spiro atoms. The van der Waals surface area contributed by atoms with Gasteiger partial charge in [-0.1, -0.05) is 13.0 Å². The van der Waals surface area contributed by atoms with E-state index in [1.807, 2.05) is 0 Å². The normalized spacial score (nSPS) is 21.8. The van der Waals surface area contributed by atoms with Crippen LogP contribution in [0, 0.1) is 6.92 Å². The van der Waals surface area contributed by atoms with Crippen molar-refractivity contribution in [2.45, 2.75) is 32.0 Å². The Labute approximate surface area is 109 Å². The summed E-state index contributed by atoms with van der Waals surface area (Å²) in [5, 5.41) is 0. The molecular formula is C14H15F3O2. The number of rotatable bonds is 2. The summed E-state index contributed by atoms with van der Waals surface area (Å²) in [4.78, 5) is 0. The van der Waals surface area contributed by atoms with Crippen molar-refractivity contribution < 1.29 is 22.6 Å². The van der Waals surface area contributed by atoms with Crippen LogP contribution in [0.15, 0.2) is 18.2 Å². The highest BCUT2D eigenvalue weighted by atomic mass is 19.4. The van der Waals surface area contributed by atoms with Crippen LogP contribution in [0.25, 0.3) is 6.08 Å². The van der Waals surface area contributed by atoms with Crippen molar-refractivity contribution in [3.63, 3.8) is 0 Å². The van der Waals surface area contributed by atoms with E-state index in [9.17, 15) is 13.2 Å². The van der Waals surface area contributed by atoms with Gasteiger partial charge in [-0.25, -0.2) is 0 Å². The molecule has 1 aliphatic heterocycles. The molecule has 0 fully saturated rings. The van der Waals surface area contributed by atoms with Gasteiger partial charge >= 0.3 is 6.18 Å². The van der Waals surface area contributed by atoms with Gasteiger partial charge in [0.25, 0.3) is 0 Å². The Bertz CT molecular complexity index is 520. The minimum Gasteiger partial charge on any atom is -0.496 e. The van der Waals surface area contributed by atoms with Crippen molar-refractivity contribution in [2.24, 2.45) is 0 Å². The van der Waals surface area contributed by atoms with Gasteiger partial charge in [0.2, 0.25) is 5.60 Å². The average Bonchev–Trinajstić information content (AvgIpc) is 2.37. The van der Waals surface area contributed by atoms with Crippen LogP contribution in [0.2, 0.25) is 0 Å². The lowest BCUT2D eigenvalue weighted by Crippen LogP contribution is -2.49. The molecule has 0 aromatic heterocycles. The Hall–Kier alpha value is -1.65. The van der Waals surface area contributed by atoms with Gasteiger partial charge < -0.3 is 9.47 Å². The molecular weight excluding hydrogens is 257 g/mol. The standard InChI is InChI=1S/C14H15F3O2/c1-4-13(14(15,16)17)8-7-10-5-6-11(18-3)9(2)12(10)19-13/h5-8H,4H2,1-3H3. The number of hydrogen-bond acceptors (Lipinski definition) is 2. The lowest BCUT2D eigenvalue weighted by Gasteiger charge is -2.36. The van der Waals surface area contributed by atoms with Crippen LogP contribution in [0.1, 0.15) is 24.5 Å². The molecule has 0 amide bonds. The van der Waals surface area contributed by atoms with Crippen LogP contribution >= 0.6 is 0 Å². The van der Waals surface area contributed by atoms with Gasteiger partial charge in [0.1, 0.15) is 11.5 Å². The van der Waals surface area contributed by atoms with E-state index in [-0.39, 0.29) is 12.2 Å².